The molecule has 0 N–H and O–H groups in total. The minimum atomic E-state index is -2.18. The average molecular weight is 1110 g/mol. The fraction of sp³-hybridized carbons (Fsp3) is 1.00. The molecule has 0 spiro atoms. The summed E-state index contributed by atoms with van der Waals surface area (Å²) < 4.78 is 7.07. The Labute approximate surface area is 472 Å². The zero-order chi connectivity index (χ0) is 52.6. The molecule has 0 amide bonds. The van der Waals surface area contributed by atoms with Crippen LogP contribution in [0.25, 0.3) is 0 Å². The fourth-order valence-corrected chi connectivity index (χ4v) is 26.5. The fourth-order valence-electron chi connectivity index (χ4n) is 12.9. The van der Waals surface area contributed by atoms with Crippen LogP contribution in [-0.2, 0) is 20.3 Å². The van der Waals surface area contributed by atoms with Crippen LogP contribution in [0.2, 0.25) is 16.5 Å². The Morgan fingerprint density at radius 2 is 0.192 bits per heavy atom. The average Bonchev–Trinajstić information content (AvgIpc) is 3.40. The van der Waals surface area contributed by atoms with E-state index in [1.54, 1.807) is 67.9 Å². The van der Waals surface area contributed by atoms with Gasteiger partial charge >= 0.3 is 319 Å². The van der Waals surface area contributed by atoms with Crippen LogP contribution in [0.4, 0.5) is 0 Å². The van der Waals surface area contributed by atoms with E-state index in [9.17, 15) is 0 Å². The van der Waals surface area contributed by atoms with Crippen molar-refractivity contribution in [1.82, 2.24) is 0 Å². The van der Waals surface area contributed by atoms with E-state index >= 15 is 0 Å². The normalized spacial score (nSPS) is 12.0. The number of hydrogen-bond donors (Lipinski definition) is 0. The summed E-state index contributed by atoms with van der Waals surface area (Å²) in [6.07, 6.45) is 96.2. The van der Waals surface area contributed by atoms with Crippen molar-refractivity contribution in [2.24, 2.45) is 0 Å². The van der Waals surface area contributed by atoms with Gasteiger partial charge in [-0.1, -0.05) is 156 Å². The van der Waals surface area contributed by atoms with Crippen LogP contribution < -0.4 is 0 Å². The van der Waals surface area contributed by atoms with Gasteiger partial charge < -0.3 is 0 Å². The van der Waals surface area contributed by atoms with E-state index in [0.29, 0.717) is 0 Å². The predicted octanol–water partition coefficient (Wildman–Crippen LogP) is 28.9. The van der Waals surface area contributed by atoms with Gasteiger partial charge in [-0.2, -0.15) is 0 Å². The van der Waals surface area contributed by atoms with Gasteiger partial charge in [-0.15, -0.1) is 0 Å². The first-order chi connectivity index (χ1) is 36.2. The molecule has 0 aliphatic rings. The van der Waals surface area contributed by atoms with Gasteiger partial charge in [0.15, 0.2) is 0 Å². The van der Waals surface area contributed by atoms with Crippen molar-refractivity contribution in [2.75, 3.05) is 0 Å². The molecule has 0 bridgehead atoms. The standard InChI is InChI=1S/4C18H37.Zr/c4*1-3-5-7-9-11-13-15-17-18-16-14-12-10-8-6-4-2;/h4*1,3-18H2,2H3;. The third kappa shape index (κ3) is 62.0. The van der Waals surface area contributed by atoms with E-state index in [0.717, 1.165) is 0 Å². The minimum absolute atomic E-state index is 1.38. The number of hydrogen-bond acceptors (Lipinski definition) is 0. The first kappa shape index (κ1) is 73.9. The second-order valence-corrected chi connectivity index (χ2v) is 38.0. The summed E-state index contributed by atoms with van der Waals surface area (Å²) in [7, 11) is 0. The Bertz CT molecular complexity index is 775. The minimum Gasteiger partial charge on any atom is -0.0654 e. The van der Waals surface area contributed by atoms with Crippen molar-refractivity contribution in [3.05, 3.63) is 0 Å². The quantitative estimate of drug-likeness (QED) is 0.0533. The van der Waals surface area contributed by atoms with Gasteiger partial charge in [0, 0.05) is 0 Å². The molecule has 0 nitrogen and oxygen atoms in total. The molecule has 73 heavy (non-hydrogen) atoms. The molecule has 0 aliphatic carbocycles. The second kappa shape index (κ2) is 67.2. The maximum absolute atomic E-state index is 2.34. The Morgan fingerprint density at radius 1 is 0.110 bits per heavy atom. The summed E-state index contributed by atoms with van der Waals surface area (Å²) in [5.41, 5.74) is 0. The summed E-state index contributed by atoms with van der Waals surface area (Å²) >= 11 is -2.18. The Kier molecular flexibility index (Phi) is 68.0. The van der Waals surface area contributed by atoms with Crippen molar-refractivity contribution >= 4 is 0 Å². The van der Waals surface area contributed by atoms with Crippen LogP contribution in [0.5, 0.6) is 0 Å². The monoisotopic (exact) mass is 1100 g/mol. The summed E-state index contributed by atoms with van der Waals surface area (Å²) in [5.74, 6) is 0. The first-order valence-electron chi connectivity index (χ1n) is 36.2. The first-order valence-corrected chi connectivity index (χ1v) is 43.2. The molecule has 440 valence electrons. The Hall–Kier alpha value is 0.883. The molecule has 0 aromatic carbocycles. The van der Waals surface area contributed by atoms with Gasteiger partial charge in [-0.05, 0) is 0 Å². The summed E-state index contributed by atoms with van der Waals surface area (Å²) in [6.45, 7) is 9.34. The van der Waals surface area contributed by atoms with E-state index in [2.05, 4.69) is 27.7 Å². The zero-order valence-corrected chi connectivity index (χ0v) is 55.0. The number of unbranched alkanes of at least 4 members (excludes halogenated alkanes) is 60. The molecule has 0 aliphatic heterocycles. The van der Waals surface area contributed by atoms with Crippen LogP contribution in [-0.4, -0.2) is 0 Å². The SMILES string of the molecule is CCCCCCCCCCCCCCCCC[CH2][Zr]([CH2]CCCCCCCCCCCCCCCCC)([CH2]CCCCCCCCCCCCCCCCC)[CH2]CCCCCCCCCCCCCCCCC. The maximum atomic E-state index is 2.34. The Morgan fingerprint density at radius 3 is 0.288 bits per heavy atom. The van der Waals surface area contributed by atoms with Gasteiger partial charge in [-0.3, -0.25) is 0 Å². The molecule has 0 radical (unpaired) electrons. The van der Waals surface area contributed by atoms with Crippen molar-refractivity contribution in [3.63, 3.8) is 0 Å². The molecular weight excluding hydrogens is 956 g/mol. The second-order valence-electron chi connectivity index (χ2n) is 25.7. The van der Waals surface area contributed by atoms with Gasteiger partial charge in [0.2, 0.25) is 0 Å². The third-order valence-electron chi connectivity index (χ3n) is 18.2. The van der Waals surface area contributed by atoms with Crippen molar-refractivity contribution in [1.29, 1.82) is 0 Å². The molecule has 0 unspecified atom stereocenters. The summed E-state index contributed by atoms with van der Waals surface area (Å²) in [6, 6.07) is 0. The van der Waals surface area contributed by atoms with E-state index in [-0.39, 0.29) is 0 Å². The number of rotatable bonds is 68. The van der Waals surface area contributed by atoms with E-state index in [1.807, 2.05) is 0 Å². The van der Waals surface area contributed by atoms with Crippen LogP contribution in [0.15, 0.2) is 0 Å². The van der Waals surface area contributed by atoms with Gasteiger partial charge in [-0.25, -0.2) is 0 Å². The van der Waals surface area contributed by atoms with Crippen LogP contribution in [0, 0.1) is 0 Å². The van der Waals surface area contributed by atoms with Gasteiger partial charge in [0.05, 0.1) is 0 Å². The summed E-state index contributed by atoms with van der Waals surface area (Å²) in [4.78, 5) is 0. The zero-order valence-electron chi connectivity index (χ0n) is 52.6. The third-order valence-corrected chi connectivity index (χ3v) is 32.1. The molecule has 0 aromatic rings. The summed E-state index contributed by atoms with van der Waals surface area (Å²) in [5, 5.41) is 0. The van der Waals surface area contributed by atoms with Gasteiger partial charge in [0.1, 0.15) is 0 Å². The molecular formula is C72H148Zr. The molecule has 0 saturated heterocycles. The predicted molar refractivity (Wildman–Crippen MR) is 337 cm³/mol. The smallest absolute Gasteiger partial charge is 0.0654 e. The molecule has 1 heteroatoms. The molecule has 0 atom stereocenters. The molecule has 0 aromatic heterocycles. The molecule has 0 fully saturated rings. The van der Waals surface area contributed by atoms with Crippen LogP contribution in [0.1, 0.15) is 439 Å². The van der Waals surface area contributed by atoms with Crippen LogP contribution >= 0.6 is 0 Å². The van der Waals surface area contributed by atoms with Crippen molar-refractivity contribution in [3.8, 4) is 0 Å². The Balaban J connectivity index is 4.96. The molecule has 0 rings (SSSR count). The van der Waals surface area contributed by atoms with Crippen molar-refractivity contribution < 1.29 is 20.3 Å². The van der Waals surface area contributed by atoms with Crippen LogP contribution in [0.3, 0.4) is 0 Å². The van der Waals surface area contributed by atoms with E-state index < -0.39 is 20.3 Å². The van der Waals surface area contributed by atoms with Crippen molar-refractivity contribution in [2.45, 2.75) is 455 Å². The molecule has 0 heterocycles. The molecule has 0 saturated carbocycles. The van der Waals surface area contributed by atoms with E-state index in [4.69, 9.17) is 0 Å². The van der Waals surface area contributed by atoms with E-state index in [1.165, 1.54) is 360 Å². The van der Waals surface area contributed by atoms with Gasteiger partial charge in [0.25, 0.3) is 0 Å². The topological polar surface area (TPSA) is 0 Å².